The lowest BCUT2D eigenvalue weighted by molar-refractivity contribution is 0.844. The molecule has 0 aliphatic rings. The minimum Gasteiger partial charge on any atom is -0.233 e. The first-order valence-corrected chi connectivity index (χ1v) is 5.58. The van der Waals surface area contributed by atoms with Crippen molar-refractivity contribution >= 4 is 34.1 Å². The Bertz CT molecular complexity index is 497. The molecule has 1 heterocycles. The van der Waals surface area contributed by atoms with Crippen LogP contribution in [0.15, 0.2) is 18.2 Å². The van der Waals surface area contributed by atoms with Crippen molar-refractivity contribution in [1.82, 2.24) is 9.97 Å². The first-order chi connectivity index (χ1) is 7.22. The van der Waals surface area contributed by atoms with E-state index in [4.69, 9.17) is 23.2 Å². The fourth-order valence-corrected chi connectivity index (χ4v) is 2.08. The third-order valence-electron chi connectivity index (χ3n) is 2.15. The van der Waals surface area contributed by atoms with Gasteiger partial charge in [0.25, 0.3) is 0 Å². The number of hydrogen-bond donors (Lipinski definition) is 0. The molecular weight excluding hydrogens is 231 g/mol. The molecule has 0 amide bonds. The van der Waals surface area contributed by atoms with E-state index in [2.05, 4.69) is 16.9 Å². The van der Waals surface area contributed by atoms with Gasteiger partial charge in [0.15, 0.2) is 0 Å². The summed E-state index contributed by atoms with van der Waals surface area (Å²) < 4.78 is 0. The monoisotopic (exact) mass is 240 g/mol. The number of nitrogens with zero attached hydrogens (tertiary/aromatic N) is 2. The van der Waals surface area contributed by atoms with Crippen LogP contribution in [0.25, 0.3) is 10.9 Å². The fourth-order valence-electron chi connectivity index (χ4n) is 1.48. The average molecular weight is 241 g/mol. The van der Waals surface area contributed by atoms with Crippen LogP contribution >= 0.6 is 23.2 Å². The highest BCUT2D eigenvalue weighted by Gasteiger charge is 2.08. The van der Waals surface area contributed by atoms with Gasteiger partial charge in [0.2, 0.25) is 0 Å². The van der Waals surface area contributed by atoms with Crippen molar-refractivity contribution in [3.05, 3.63) is 34.2 Å². The van der Waals surface area contributed by atoms with Gasteiger partial charge in [-0.2, -0.15) is 0 Å². The standard InChI is InChI=1S/C11H10Cl2N2/c1-2-4-9-14-8-6-3-5-7(12)10(8)11(13)15-9/h3,5-6H,2,4H2,1H3. The molecule has 0 radical (unpaired) electrons. The summed E-state index contributed by atoms with van der Waals surface area (Å²) in [6, 6.07) is 5.55. The van der Waals surface area contributed by atoms with Crippen LogP contribution in [-0.2, 0) is 6.42 Å². The van der Waals surface area contributed by atoms with Crippen LogP contribution in [0.4, 0.5) is 0 Å². The molecule has 78 valence electrons. The zero-order chi connectivity index (χ0) is 10.8. The summed E-state index contributed by atoms with van der Waals surface area (Å²) in [4.78, 5) is 8.63. The van der Waals surface area contributed by atoms with Crippen LogP contribution in [0.1, 0.15) is 19.2 Å². The molecule has 0 N–H and O–H groups in total. The Morgan fingerprint density at radius 2 is 2.00 bits per heavy atom. The maximum Gasteiger partial charge on any atom is 0.142 e. The minimum absolute atomic E-state index is 0.439. The van der Waals surface area contributed by atoms with Gasteiger partial charge in [-0.3, -0.25) is 0 Å². The Morgan fingerprint density at radius 3 is 2.73 bits per heavy atom. The second kappa shape index (κ2) is 4.33. The van der Waals surface area contributed by atoms with Crippen molar-refractivity contribution in [2.24, 2.45) is 0 Å². The van der Waals surface area contributed by atoms with Gasteiger partial charge in [0.05, 0.1) is 15.9 Å². The molecule has 0 saturated heterocycles. The maximum absolute atomic E-state index is 6.07. The second-order valence-electron chi connectivity index (χ2n) is 3.31. The smallest absolute Gasteiger partial charge is 0.142 e. The van der Waals surface area contributed by atoms with E-state index in [1.165, 1.54) is 0 Å². The molecule has 1 aromatic carbocycles. The highest BCUT2D eigenvalue weighted by atomic mass is 35.5. The van der Waals surface area contributed by atoms with Gasteiger partial charge in [-0.1, -0.05) is 36.2 Å². The Morgan fingerprint density at radius 1 is 1.20 bits per heavy atom. The lowest BCUT2D eigenvalue weighted by Crippen LogP contribution is -1.96. The van der Waals surface area contributed by atoms with Gasteiger partial charge in [-0.15, -0.1) is 0 Å². The predicted molar refractivity (Wildman–Crippen MR) is 63.6 cm³/mol. The molecule has 0 aliphatic heterocycles. The van der Waals surface area contributed by atoms with Crippen LogP contribution < -0.4 is 0 Å². The SMILES string of the molecule is CCCc1nc(Cl)c2c(Cl)cccc2n1. The molecule has 0 bridgehead atoms. The Labute approximate surface area is 98.3 Å². The van der Waals surface area contributed by atoms with Crippen molar-refractivity contribution in [1.29, 1.82) is 0 Å². The normalized spacial score (nSPS) is 10.9. The lowest BCUT2D eigenvalue weighted by Gasteiger charge is -2.04. The van der Waals surface area contributed by atoms with E-state index >= 15 is 0 Å². The van der Waals surface area contributed by atoms with Crippen LogP contribution in [0.2, 0.25) is 10.2 Å². The van der Waals surface area contributed by atoms with Gasteiger partial charge in [-0.25, -0.2) is 9.97 Å². The van der Waals surface area contributed by atoms with E-state index < -0.39 is 0 Å². The highest BCUT2D eigenvalue weighted by Crippen LogP contribution is 2.27. The average Bonchev–Trinajstić information content (AvgIpc) is 2.17. The van der Waals surface area contributed by atoms with Crippen molar-refractivity contribution in [2.45, 2.75) is 19.8 Å². The van der Waals surface area contributed by atoms with Crippen LogP contribution in [-0.4, -0.2) is 9.97 Å². The number of benzene rings is 1. The molecular formula is C11H10Cl2N2. The molecule has 0 fully saturated rings. The van der Waals surface area contributed by atoms with Crippen molar-refractivity contribution in [3.63, 3.8) is 0 Å². The first-order valence-electron chi connectivity index (χ1n) is 4.83. The summed E-state index contributed by atoms with van der Waals surface area (Å²) in [5, 5.41) is 1.77. The maximum atomic E-state index is 6.07. The first kappa shape index (κ1) is 10.7. The number of fused-ring (bicyclic) bond motifs is 1. The van der Waals surface area contributed by atoms with Crippen molar-refractivity contribution in [2.75, 3.05) is 0 Å². The van der Waals surface area contributed by atoms with Crippen molar-refractivity contribution < 1.29 is 0 Å². The lowest BCUT2D eigenvalue weighted by atomic mass is 10.2. The number of rotatable bonds is 2. The zero-order valence-corrected chi connectivity index (χ0v) is 9.81. The van der Waals surface area contributed by atoms with Gasteiger partial charge >= 0.3 is 0 Å². The van der Waals surface area contributed by atoms with E-state index in [1.807, 2.05) is 12.1 Å². The molecule has 4 heteroatoms. The molecule has 2 aromatic rings. The molecule has 2 rings (SSSR count). The van der Waals surface area contributed by atoms with E-state index in [9.17, 15) is 0 Å². The molecule has 0 spiro atoms. The van der Waals surface area contributed by atoms with Crippen LogP contribution in [0, 0.1) is 0 Å². The Balaban J connectivity index is 2.67. The van der Waals surface area contributed by atoms with Gasteiger partial charge in [0, 0.05) is 6.42 Å². The van der Waals surface area contributed by atoms with Gasteiger partial charge < -0.3 is 0 Å². The fraction of sp³-hybridized carbons (Fsp3) is 0.273. The minimum atomic E-state index is 0.439. The quantitative estimate of drug-likeness (QED) is 0.745. The molecule has 2 nitrogen and oxygen atoms in total. The van der Waals surface area contributed by atoms with E-state index in [0.29, 0.717) is 10.2 Å². The summed E-state index contributed by atoms with van der Waals surface area (Å²) in [5.74, 6) is 0.775. The molecule has 0 saturated carbocycles. The van der Waals surface area contributed by atoms with E-state index in [0.717, 1.165) is 29.6 Å². The highest BCUT2D eigenvalue weighted by molar-refractivity contribution is 6.41. The molecule has 0 unspecified atom stereocenters. The summed E-state index contributed by atoms with van der Waals surface area (Å²) >= 11 is 12.1. The predicted octanol–water partition coefficient (Wildman–Crippen LogP) is 3.89. The van der Waals surface area contributed by atoms with E-state index in [-0.39, 0.29) is 0 Å². The van der Waals surface area contributed by atoms with Gasteiger partial charge in [-0.05, 0) is 18.6 Å². The van der Waals surface area contributed by atoms with Crippen molar-refractivity contribution in [3.8, 4) is 0 Å². The summed E-state index contributed by atoms with van der Waals surface area (Å²) in [6.07, 6.45) is 1.84. The third kappa shape index (κ3) is 2.06. The molecule has 0 atom stereocenters. The molecule has 15 heavy (non-hydrogen) atoms. The topological polar surface area (TPSA) is 25.8 Å². The summed E-state index contributed by atoms with van der Waals surface area (Å²) in [5.41, 5.74) is 0.811. The second-order valence-corrected chi connectivity index (χ2v) is 4.08. The summed E-state index contributed by atoms with van der Waals surface area (Å²) in [7, 11) is 0. The number of aryl methyl sites for hydroxylation is 1. The Kier molecular flexibility index (Phi) is 3.08. The number of hydrogen-bond acceptors (Lipinski definition) is 2. The van der Waals surface area contributed by atoms with Gasteiger partial charge in [0.1, 0.15) is 11.0 Å². The largest absolute Gasteiger partial charge is 0.233 e. The molecule has 1 aromatic heterocycles. The zero-order valence-electron chi connectivity index (χ0n) is 8.30. The van der Waals surface area contributed by atoms with Crippen LogP contribution in [0.3, 0.4) is 0 Å². The Hall–Kier alpha value is -0.860. The number of halogens is 2. The number of aromatic nitrogens is 2. The molecule has 0 aliphatic carbocycles. The third-order valence-corrected chi connectivity index (χ3v) is 2.74. The van der Waals surface area contributed by atoms with E-state index in [1.54, 1.807) is 6.07 Å². The summed E-state index contributed by atoms with van der Waals surface area (Å²) in [6.45, 7) is 2.08. The van der Waals surface area contributed by atoms with Crippen LogP contribution in [0.5, 0.6) is 0 Å².